The molecule has 0 saturated carbocycles. The summed E-state index contributed by atoms with van der Waals surface area (Å²) in [5.41, 5.74) is 5.97. The highest BCUT2D eigenvalue weighted by Gasteiger charge is 2.13. The zero-order valence-electron chi connectivity index (χ0n) is 9.56. The molecule has 0 aromatic heterocycles. The Morgan fingerprint density at radius 3 is 2.47 bits per heavy atom. The van der Waals surface area contributed by atoms with Crippen molar-refractivity contribution in [3.05, 3.63) is 53.6 Å². The first kappa shape index (κ1) is 13.4. The number of hydrogen-bond donors (Lipinski definition) is 2. The number of benzene rings is 2. The zero-order valence-corrected chi connectivity index (χ0v) is 10.4. The molecule has 3 nitrogen and oxygen atoms in total. The van der Waals surface area contributed by atoms with Gasteiger partial charge >= 0.3 is 5.97 Å². The summed E-state index contributed by atoms with van der Waals surface area (Å²) >= 11 is 0.890. The van der Waals surface area contributed by atoms with E-state index >= 15 is 0 Å². The van der Waals surface area contributed by atoms with Gasteiger partial charge in [-0.25, -0.2) is 13.6 Å². The van der Waals surface area contributed by atoms with Crippen molar-refractivity contribution in [2.75, 3.05) is 5.73 Å². The zero-order chi connectivity index (χ0) is 14.0. The molecule has 0 amide bonds. The fourth-order valence-corrected chi connectivity index (χ4v) is 2.47. The Kier molecular flexibility index (Phi) is 3.71. The molecule has 0 heterocycles. The quantitative estimate of drug-likeness (QED) is 0.846. The number of aromatic carboxylic acids is 1. The highest BCUT2D eigenvalue weighted by Crippen LogP contribution is 2.33. The highest BCUT2D eigenvalue weighted by atomic mass is 32.2. The minimum atomic E-state index is -1.13. The molecule has 0 aliphatic carbocycles. The smallest absolute Gasteiger partial charge is 0.336 e. The fourth-order valence-electron chi connectivity index (χ4n) is 1.48. The third-order valence-electron chi connectivity index (χ3n) is 2.35. The van der Waals surface area contributed by atoms with Crippen molar-refractivity contribution >= 4 is 23.4 Å². The lowest BCUT2D eigenvalue weighted by atomic mass is 10.2. The van der Waals surface area contributed by atoms with Gasteiger partial charge in [-0.3, -0.25) is 0 Å². The summed E-state index contributed by atoms with van der Waals surface area (Å²) in [7, 11) is 0. The Bertz CT molecular complexity index is 647. The molecule has 0 spiro atoms. The second kappa shape index (κ2) is 5.27. The number of carboxylic acids is 1. The Morgan fingerprint density at radius 1 is 1.11 bits per heavy atom. The van der Waals surface area contributed by atoms with Crippen LogP contribution in [0, 0.1) is 11.6 Å². The lowest BCUT2D eigenvalue weighted by molar-refractivity contribution is 0.0693. The SMILES string of the molecule is Nc1ccc(C(=O)O)c(Sc2ccc(F)cc2F)c1. The van der Waals surface area contributed by atoms with Crippen molar-refractivity contribution in [1.82, 2.24) is 0 Å². The Hall–Kier alpha value is -2.08. The van der Waals surface area contributed by atoms with Crippen LogP contribution in [0.4, 0.5) is 14.5 Å². The molecule has 2 aromatic carbocycles. The van der Waals surface area contributed by atoms with Crippen molar-refractivity contribution in [2.45, 2.75) is 9.79 Å². The van der Waals surface area contributed by atoms with Crippen LogP contribution in [0.15, 0.2) is 46.2 Å². The first-order chi connectivity index (χ1) is 8.97. The van der Waals surface area contributed by atoms with Gasteiger partial charge in [0.25, 0.3) is 0 Å². The first-order valence-corrected chi connectivity index (χ1v) is 6.05. The topological polar surface area (TPSA) is 63.3 Å². The van der Waals surface area contributed by atoms with E-state index < -0.39 is 17.6 Å². The van der Waals surface area contributed by atoms with Gasteiger partial charge in [-0.1, -0.05) is 11.8 Å². The average molecular weight is 281 g/mol. The predicted molar refractivity (Wildman–Crippen MR) is 68.3 cm³/mol. The molecule has 0 aliphatic heterocycles. The number of anilines is 1. The maximum atomic E-state index is 13.5. The third-order valence-corrected chi connectivity index (χ3v) is 3.46. The number of rotatable bonds is 3. The molecule has 0 radical (unpaired) electrons. The second-order valence-electron chi connectivity index (χ2n) is 3.74. The molecule has 0 fully saturated rings. The van der Waals surface area contributed by atoms with E-state index in [9.17, 15) is 13.6 Å². The molecule has 19 heavy (non-hydrogen) atoms. The molecule has 0 bridgehead atoms. The molecule has 0 aliphatic rings. The van der Waals surface area contributed by atoms with Gasteiger partial charge in [0, 0.05) is 21.5 Å². The molecule has 6 heteroatoms. The lowest BCUT2D eigenvalue weighted by Gasteiger charge is -2.07. The van der Waals surface area contributed by atoms with E-state index in [0.717, 1.165) is 23.9 Å². The van der Waals surface area contributed by atoms with Crippen molar-refractivity contribution in [1.29, 1.82) is 0 Å². The number of nitrogens with two attached hydrogens (primary N) is 1. The Labute approximate surface area is 112 Å². The molecule has 0 atom stereocenters. The standard InChI is InChI=1S/C13H9F2NO2S/c14-7-1-4-11(10(15)5-7)19-12-6-8(16)2-3-9(12)13(17)18/h1-6H,16H2,(H,17,18). The molecule has 0 saturated heterocycles. The van der Waals surface area contributed by atoms with Crippen LogP contribution in [0.5, 0.6) is 0 Å². The van der Waals surface area contributed by atoms with Crippen molar-refractivity contribution in [3.8, 4) is 0 Å². The van der Waals surface area contributed by atoms with Crippen molar-refractivity contribution in [3.63, 3.8) is 0 Å². The normalized spacial score (nSPS) is 10.4. The number of hydrogen-bond acceptors (Lipinski definition) is 3. The van der Waals surface area contributed by atoms with Crippen LogP contribution in [0.3, 0.4) is 0 Å². The van der Waals surface area contributed by atoms with E-state index in [1.165, 1.54) is 24.3 Å². The number of halogens is 2. The van der Waals surface area contributed by atoms with Crippen LogP contribution in [-0.2, 0) is 0 Å². The van der Waals surface area contributed by atoms with Crippen molar-refractivity contribution in [2.24, 2.45) is 0 Å². The van der Waals surface area contributed by atoms with Gasteiger partial charge in [-0.05, 0) is 30.3 Å². The van der Waals surface area contributed by atoms with E-state index in [1.807, 2.05) is 0 Å². The number of carbonyl (C=O) groups is 1. The van der Waals surface area contributed by atoms with Gasteiger partial charge in [0.15, 0.2) is 0 Å². The highest BCUT2D eigenvalue weighted by molar-refractivity contribution is 7.99. The fraction of sp³-hybridized carbons (Fsp3) is 0. The molecule has 2 aromatic rings. The minimum absolute atomic E-state index is 0.0166. The summed E-state index contributed by atoms with van der Waals surface area (Å²) < 4.78 is 26.3. The predicted octanol–water partition coefficient (Wildman–Crippen LogP) is 3.40. The van der Waals surface area contributed by atoms with Crippen LogP contribution in [-0.4, -0.2) is 11.1 Å². The molecule has 0 unspecified atom stereocenters. The van der Waals surface area contributed by atoms with E-state index in [-0.39, 0.29) is 10.5 Å². The minimum Gasteiger partial charge on any atom is -0.478 e. The van der Waals surface area contributed by atoms with Crippen LogP contribution in [0.25, 0.3) is 0 Å². The van der Waals surface area contributed by atoms with Gasteiger partial charge < -0.3 is 10.8 Å². The van der Waals surface area contributed by atoms with Crippen LogP contribution >= 0.6 is 11.8 Å². The summed E-state index contributed by atoms with van der Waals surface area (Å²) in [5.74, 6) is -2.57. The molecule has 2 rings (SSSR count). The van der Waals surface area contributed by atoms with Gasteiger partial charge in [0.05, 0.1) is 5.56 Å². The van der Waals surface area contributed by atoms with Gasteiger partial charge in [-0.2, -0.15) is 0 Å². The van der Waals surface area contributed by atoms with E-state index in [0.29, 0.717) is 10.6 Å². The summed E-state index contributed by atoms with van der Waals surface area (Å²) in [4.78, 5) is 11.5. The van der Waals surface area contributed by atoms with Crippen LogP contribution < -0.4 is 5.73 Å². The van der Waals surface area contributed by atoms with Gasteiger partial charge in [-0.15, -0.1) is 0 Å². The molecular formula is C13H9F2NO2S. The first-order valence-electron chi connectivity index (χ1n) is 5.23. The van der Waals surface area contributed by atoms with E-state index in [4.69, 9.17) is 10.8 Å². The molecule has 3 N–H and O–H groups in total. The maximum absolute atomic E-state index is 13.5. The van der Waals surface area contributed by atoms with Gasteiger partial charge in [0.1, 0.15) is 11.6 Å². The number of nitrogen functional groups attached to an aromatic ring is 1. The molecule has 98 valence electrons. The van der Waals surface area contributed by atoms with E-state index in [1.54, 1.807) is 0 Å². The maximum Gasteiger partial charge on any atom is 0.336 e. The second-order valence-corrected chi connectivity index (χ2v) is 4.82. The molecular weight excluding hydrogens is 272 g/mol. The lowest BCUT2D eigenvalue weighted by Crippen LogP contribution is -2.00. The summed E-state index contributed by atoms with van der Waals surface area (Å²) in [5, 5.41) is 9.04. The Balaban J connectivity index is 2.42. The largest absolute Gasteiger partial charge is 0.478 e. The third kappa shape index (κ3) is 3.03. The monoisotopic (exact) mass is 281 g/mol. The van der Waals surface area contributed by atoms with Crippen LogP contribution in [0.1, 0.15) is 10.4 Å². The summed E-state index contributed by atoms with van der Waals surface area (Å²) in [6, 6.07) is 7.35. The average Bonchev–Trinajstić information content (AvgIpc) is 2.32. The summed E-state index contributed by atoms with van der Waals surface area (Å²) in [6.45, 7) is 0. The van der Waals surface area contributed by atoms with Gasteiger partial charge in [0.2, 0.25) is 0 Å². The van der Waals surface area contributed by atoms with Crippen LogP contribution in [0.2, 0.25) is 0 Å². The number of carboxylic acid groups (broad SMARTS) is 1. The summed E-state index contributed by atoms with van der Waals surface area (Å²) in [6.07, 6.45) is 0. The van der Waals surface area contributed by atoms with E-state index in [2.05, 4.69) is 0 Å². The van der Waals surface area contributed by atoms with Crippen molar-refractivity contribution < 1.29 is 18.7 Å². The Morgan fingerprint density at radius 2 is 1.84 bits per heavy atom.